The van der Waals surface area contributed by atoms with Gasteiger partial charge < -0.3 is 14.8 Å². The van der Waals surface area contributed by atoms with Crippen LogP contribution in [0.2, 0.25) is 5.15 Å². The molecule has 0 aliphatic rings. The SMILES string of the molecule is COc1ccc(C)cc1NC(=O)[C@@H](C)OC(=O)c1c(Cl)nc2sccn12. The van der Waals surface area contributed by atoms with Crippen molar-refractivity contribution in [3.05, 3.63) is 46.2 Å². The number of fused-ring (bicyclic) bond motifs is 1. The number of nitrogens with one attached hydrogen (secondary N) is 1. The summed E-state index contributed by atoms with van der Waals surface area (Å²) in [7, 11) is 1.51. The Morgan fingerprint density at radius 1 is 1.38 bits per heavy atom. The summed E-state index contributed by atoms with van der Waals surface area (Å²) in [6, 6.07) is 5.39. The van der Waals surface area contributed by atoms with E-state index in [2.05, 4.69) is 10.3 Å². The first-order valence-electron chi connectivity index (χ1n) is 7.68. The van der Waals surface area contributed by atoms with E-state index in [0.29, 0.717) is 16.4 Å². The molecule has 0 radical (unpaired) electrons. The van der Waals surface area contributed by atoms with Crippen molar-refractivity contribution < 1.29 is 19.1 Å². The molecule has 0 aliphatic heterocycles. The quantitative estimate of drug-likeness (QED) is 0.670. The van der Waals surface area contributed by atoms with E-state index in [1.165, 1.54) is 29.8 Å². The molecule has 3 aromatic rings. The first-order chi connectivity index (χ1) is 12.4. The van der Waals surface area contributed by atoms with Gasteiger partial charge in [0.2, 0.25) is 0 Å². The Bertz CT molecular complexity index is 982. The molecule has 0 saturated heterocycles. The highest BCUT2D eigenvalue weighted by atomic mass is 35.5. The summed E-state index contributed by atoms with van der Waals surface area (Å²) in [5, 5.41) is 4.52. The lowest BCUT2D eigenvalue weighted by Gasteiger charge is -2.15. The van der Waals surface area contributed by atoms with Crippen LogP contribution in [0.1, 0.15) is 23.0 Å². The normalized spacial score (nSPS) is 12.0. The Hall–Kier alpha value is -2.58. The average molecular weight is 394 g/mol. The fourth-order valence-electron chi connectivity index (χ4n) is 2.37. The van der Waals surface area contributed by atoms with E-state index in [0.717, 1.165) is 5.56 Å². The van der Waals surface area contributed by atoms with Crippen LogP contribution in [0.25, 0.3) is 4.96 Å². The molecule has 1 atom stereocenters. The summed E-state index contributed by atoms with van der Waals surface area (Å²) < 4.78 is 12.0. The van der Waals surface area contributed by atoms with Gasteiger partial charge in [0.1, 0.15) is 5.75 Å². The lowest BCUT2D eigenvalue weighted by atomic mass is 10.2. The number of ether oxygens (including phenoxy) is 2. The molecule has 2 heterocycles. The molecule has 0 aliphatic carbocycles. The van der Waals surface area contributed by atoms with Crippen LogP contribution in [-0.4, -0.2) is 34.5 Å². The first-order valence-corrected chi connectivity index (χ1v) is 8.94. The number of aryl methyl sites for hydroxylation is 1. The van der Waals surface area contributed by atoms with E-state index in [1.54, 1.807) is 23.7 Å². The third-order valence-corrected chi connectivity index (χ3v) is 4.70. The van der Waals surface area contributed by atoms with E-state index in [-0.39, 0.29) is 10.8 Å². The minimum atomic E-state index is -1.03. The largest absolute Gasteiger partial charge is 0.495 e. The van der Waals surface area contributed by atoms with Crippen molar-refractivity contribution in [2.45, 2.75) is 20.0 Å². The van der Waals surface area contributed by atoms with Crippen LogP contribution < -0.4 is 10.1 Å². The number of thiazole rings is 1. The molecule has 3 rings (SSSR count). The molecule has 0 saturated carbocycles. The number of methoxy groups -OCH3 is 1. The zero-order chi connectivity index (χ0) is 18.8. The van der Waals surface area contributed by atoms with Crippen molar-refractivity contribution >= 4 is 45.5 Å². The van der Waals surface area contributed by atoms with Crippen molar-refractivity contribution in [1.29, 1.82) is 0 Å². The molecule has 0 bridgehead atoms. The van der Waals surface area contributed by atoms with E-state index in [1.807, 2.05) is 13.0 Å². The Labute approximate surface area is 158 Å². The molecule has 7 nitrogen and oxygen atoms in total. The average Bonchev–Trinajstić information content (AvgIpc) is 3.14. The number of halogens is 1. The highest BCUT2D eigenvalue weighted by molar-refractivity contribution is 7.15. The molecule has 0 unspecified atom stereocenters. The van der Waals surface area contributed by atoms with Crippen LogP contribution >= 0.6 is 22.9 Å². The van der Waals surface area contributed by atoms with Gasteiger partial charge in [-0.1, -0.05) is 17.7 Å². The van der Waals surface area contributed by atoms with E-state index >= 15 is 0 Å². The number of benzene rings is 1. The Balaban J connectivity index is 1.73. The molecule has 136 valence electrons. The number of nitrogens with zero attached hydrogens (tertiary/aromatic N) is 2. The van der Waals surface area contributed by atoms with Crippen LogP contribution in [0.5, 0.6) is 5.75 Å². The highest BCUT2D eigenvalue weighted by Crippen LogP contribution is 2.26. The number of carbonyl (C=O) groups is 2. The van der Waals surface area contributed by atoms with Gasteiger partial charge in [0.05, 0.1) is 12.8 Å². The molecule has 0 spiro atoms. The number of rotatable bonds is 5. The van der Waals surface area contributed by atoms with Crippen molar-refractivity contribution in [3.63, 3.8) is 0 Å². The monoisotopic (exact) mass is 393 g/mol. The van der Waals surface area contributed by atoms with Crippen LogP contribution in [0.3, 0.4) is 0 Å². The molecule has 2 aromatic heterocycles. The fraction of sp³-hybridized carbons (Fsp3) is 0.235. The van der Waals surface area contributed by atoms with Crippen molar-refractivity contribution in [2.75, 3.05) is 12.4 Å². The standard InChI is InChI=1S/C17H16ClN3O4S/c1-9-4-5-12(24-3)11(8-9)19-15(22)10(2)25-16(23)13-14(18)20-17-21(13)6-7-26-17/h4-8,10H,1-3H3,(H,19,22)/t10-/m1/s1. The predicted molar refractivity (Wildman–Crippen MR) is 99.3 cm³/mol. The Kier molecular flexibility index (Phi) is 5.15. The summed E-state index contributed by atoms with van der Waals surface area (Å²) in [5.41, 5.74) is 1.55. The Morgan fingerprint density at radius 3 is 2.88 bits per heavy atom. The number of amides is 1. The molecule has 26 heavy (non-hydrogen) atoms. The third kappa shape index (κ3) is 3.51. The number of imidazole rings is 1. The van der Waals surface area contributed by atoms with Gasteiger partial charge in [0, 0.05) is 11.6 Å². The second-order valence-electron chi connectivity index (χ2n) is 5.55. The second kappa shape index (κ2) is 7.35. The minimum Gasteiger partial charge on any atom is -0.495 e. The maximum absolute atomic E-state index is 12.4. The molecule has 9 heteroatoms. The van der Waals surface area contributed by atoms with Gasteiger partial charge >= 0.3 is 5.97 Å². The van der Waals surface area contributed by atoms with E-state index < -0.39 is 18.0 Å². The molecular formula is C17H16ClN3O4S. The van der Waals surface area contributed by atoms with Crippen LogP contribution in [-0.2, 0) is 9.53 Å². The molecule has 1 aromatic carbocycles. The predicted octanol–water partition coefficient (Wildman–Crippen LogP) is 3.55. The summed E-state index contributed by atoms with van der Waals surface area (Å²) in [6.45, 7) is 3.38. The van der Waals surface area contributed by atoms with Crippen molar-refractivity contribution in [2.24, 2.45) is 0 Å². The van der Waals surface area contributed by atoms with Crippen LogP contribution in [0.4, 0.5) is 5.69 Å². The van der Waals surface area contributed by atoms with E-state index in [4.69, 9.17) is 21.1 Å². The van der Waals surface area contributed by atoms with Gasteiger partial charge in [0.25, 0.3) is 5.91 Å². The smallest absolute Gasteiger partial charge is 0.359 e. The van der Waals surface area contributed by atoms with Gasteiger partial charge in [-0.2, -0.15) is 0 Å². The number of carbonyl (C=O) groups excluding carboxylic acids is 2. The number of esters is 1. The van der Waals surface area contributed by atoms with Gasteiger partial charge in [-0.25, -0.2) is 9.78 Å². The van der Waals surface area contributed by atoms with Crippen LogP contribution in [0, 0.1) is 6.92 Å². The summed E-state index contributed by atoms with van der Waals surface area (Å²) in [4.78, 5) is 29.5. The zero-order valence-electron chi connectivity index (χ0n) is 14.3. The van der Waals surface area contributed by atoms with Crippen molar-refractivity contribution in [1.82, 2.24) is 9.38 Å². The number of hydrogen-bond donors (Lipinski definition) is 1. The van der Waals surface area contributed by atoms with Gasteiger partial charge in [0.15, 0.2) is 21.9 Å². The summed E-state index contributed by atoms with van der Waals surface area (Å²) in [5.74, 6) is -0.689. The van der Waals surface area contributed by atoms with E-state index in [9.17, 15) is 9.59 Å². The molecule has 1 amide bonds. The highest BCUT2D eigenvalue weighted by Gasteiger charge is 2.25. The lowest BCUT2D eigenvalue weighted by Crippen LogP contribution is -2.30. The number of hydrogen-bond acceptors (Lipinski definition) is 6. The summed E-state index contributed by atoms with van der Waals surface area (Å²) >= 11 is 7.35. The molecule has 1 N–H and O–H groups in total. The van der Waals surface area contributed by atoms with Crippen LogP contribution in [0.15, 0.2) is 29.8 Å². The van der Waals surface area contributed by atoms with Gasteiger partial charge in [-0.15, -0.1) is 11.3 Å². The Morgan fingerprint density at radius 2 is 2.15 bits per heavy atom. The molecular weight excluding hydrogens is 378 g/mol. The number of anilines is 1. The minimum absolute atomic E-state index is 0.0369. The molecule has 0 fully saturated rings. The number of aromatic nitrogens is 2. The summed E-state index contributed by atoms with van der Waals surface area (Å²) in [6.07, 6.45) is 0.630. The third-order valence-electron chi connectivity index (χ3n) is 3.68. The first kappa shape index (κ1) is 18.2. The maximum Gasteiger partial charge on any atom is 0.359 e. The maximum atomic E-state index is 12.4. The topological polar surface area (TPSA) is 81.9 Å². The second-order valence-corrected chi connectivity index (χ2v) is 6.78. The fourth-order valence-corrected chi connectivity index (χ4v) is 3.38. The van der Waals surface area contributed by atoms with Crippen molar-refractivity contribution in [3.8, 4) is 5.75 Å². The zero-order valence-corrected chi connectivity index (χ0v) is 15.9. The lowest BCUT2D eigenvalue weighted by molar-refractivity contribution is -0.123. The van der Waals surface area contributed by atoms with Gasteiger partial charge in [-0.3, -0.25) is 9.20 Å². The van der Waals surface area contributed by atoms with Gasteiger partial charge in [-0.05, 0) is 31.5 Å².